The number of aryl methyl sites for hydroxylation is 1. The predicted molar refractivity (Wildman–Crippen MR) is 157 cm³/mol. The summed E-state index contributed by atoms with van der Waals surface area (Å²) in [6.07, 6.45) is 0. The minimum Gasteiger partial charge on any atom is -0.309 e. The molecule has 0 spiro atoms. The molecular weight excluding hydrogens is 448 g/mol. The molecule has 0 unspecified atom stereocenters. The zero-order valence-electron chi connectivity index (χ0n) is 21.4. The zero-order chi connectivity index (χ0) is 25.1. The molecule has 2 nitrogen and oxygen atoms in total. The molecule has 0 atom stereocenters. The first-order chi connectivity index (χ1) is 18.0. The quantitative estimate of drug-likeness (QED) is 0.242. The molecule has 1 aromatic heterocycles. The Morgan fingerprint density at radius 1 is 0.622 bits per heavy atom. The summed E-state index contributed by atoms with van der Waals surface area (Å²) in [7, 11) is 0. The maximum atomic E-state index is 5.20. The Balaban J connectivity index is 1.47. The zero-order valence-corrected chi connectivity index (χ0v) is 21.4. The molecule has 1 aliphatic heterocycles. The number of rotatable bonds is 3. The average molecular weight is 477 g/mol. The number of aliphatic imine (C=N–C) groups is 1. The van der Waals surface area contributed by atoms with E-state index in [1.54, 1.807) is 0 Å². The van der Waals surface area contributed by atoms with Gasteiger partial charge in [-0.1, -0.05) is 96.6 Å². The second-order valence-electron chi connectivity index (χ2n) is 10.6. The fourth-order valence-electron chi connectivity index (χ4n) is 6.05. The van der Waals surface area contributed by atoms with Gasteiger partial charge in [0.15, 0.2) is 0 Å². The highest BCUT2D eigenvalue weighted by molar-refractivity contribution is 6.18. The fourth-order valence-corrected chi connectivity index (χ4v) is 6.05. The standard InChI is InChI=1S/C35H28N2/c1-23-10-9-13-26(22-23)24-16-18-27(19-17-24)37-31-15-8-7-14-28(31)29-20-21-30-32(33(29)37)35(2,3)34(36-30)25-11-5-4-6-12-25/h4-22H,1-3H3. The molecule has 6 aromatic rings. The lowest BCUT2D eigenvalue weighted by Crippen LogP contribution is -2.27. The molecular formula is C35H28N2. The van der Waals surface area contributed by atoms with Crippen LogP contribution in [0.3, 0.4) is 0 Å². The first kappa shape index (κ1) is 21.8. The number of hydrogen-bond donors (Lipinski definition) is 0. The van der Waals surface area contributed by atoms with Crippen LogP contribution in [0.1, 0.15) is 30.5 Å². The van der Waals surface area contributed by atoms with Gasteiger partial charge in [0.05, 0.1) is 22.4 Å². The van der Waals surface area contributed by atoms with Gasteiger partial charge in [-0.05, 0) is 61.7 Å². The second-order valence-corrected chi connectivity index (χ2v) is 10.6. The largest absolute Gasteiger partial charge is 0.309 e. The number of hydrogen-bond acceptors (Lipinski definition) is 1. The summed E-state index contributed by atoms with van der Waals surface area (Å²) < 4.78 is 2.44. The lowest BCUT2D eigenvalue weighted by Gasteiger charge is -2.24. The van der Waals surface area contributed by atoms with Crippen molar-refractivity contribution in [2.75, 3.05) is 0 Å². The van der Waals surface area contributed by atoms with E-state index in [1.807, 2.05) is 0 Å². The molecule has 0 aliphatic carbocycles. The number of para-hydroxylation sites is 1. The molecule has 0 radical (unpaired) electrons. The molecule has 37 heavy (non-hydrogen) atoms. The van der Waals surface area contributed by atoms with Gasteiger partial charge in [-0.3, -0.25) is 4.99 Å². The molecule has 1 aliphatic rings. The highest BCUT2D eigenvalue weighted by Gasteiger charge is 2.38. The highest BCUT2D eigenvalue weighted by atomic mass is 15.0. The van der Waals surface area contributed by atoms with Gasteiger partial charge >= 0.3 is 0 Å². The van der Waals surface area contributed by atoms with Crippen LogP contribution in [-0.4, -0.2) is 10.3 Å². The molecule has 0 amide bonds. The van der Waals surface area contributed by atoms with Crippen molar-refractivity contribution < 1.29 is 0 Å². The summed E-state index contributed by atoms with van der Waals surface area (Å²) in [6.45, 7) is 6.77. The normalized spacial score (nSPS) is 14.2. The third kappa shape index (κ3) is 3.29. The maximum absolute atomic E-state index is 5.20. The molecule has 0 bridgehead atoms. The summed E-state index contributed by atoms with van der Waals surface area (Å²) in [5, 5.41) is 2.54. The van der Waals surface area contributed by atoms with E-state index in [1.165, 1.54) is 55.3 Å². The van der Waals surface area contributed by atoms with Crippen LogP contribution < -0.4 is 0 Å². The number of benzene rings is 5. The van der Waals surface area contributed by atoms with Crippen LogP contribution in [0.2, 0.25) is 0 Å². The van der Waals surface area contributed by atoms with E-state index in [4.69, 9.17) is 4.99 Å². The van der Waals surface area contributed by atoms with Crippen LogP contribution in [-0.2, 0) is 5.41 Å². The van der Waals surface area contributed by atoms with E-state index in [2.05, 4.69) is 141 Å². The van der Waals surface area contributed by atoms with Crippen LogP contribution in [0.5, 0.6) is 0 Å². The SMILES string of the molecule is Cc1cccc(-c2ccc(-n3c4ccccc4c4ccc5c(c43)C(C)(C)C(c3ccccc3)=N5)cc2)c1. The lowest BCUT2D eigenvalue weighted by atomic mass is 9.78. The van der Waals surface area contributed by atoms with Crippen LogP contribution in [0, 0.1) is 6.92 Å². The molecule has 2 heterocycles. The molecule has 2 heteroatoms. The van der Waals surface area contributed by atoms with Crippen molar-refractivity contribution >= 4 is 33.2 Å². The second kappa shape index (κ2) is 8.04. The highest BCUT2D eigenvalue weighted by Crippen LogP contribution is 2.48. The van der Waals surface area contributed by atoms with E-state index in [9.17, 15) is 0 Å². The monoisotopic (exact) mass is 476 g/mol. The minimum atomic E-state index is -0.232. The van der Waals surface area contributed by atoms with E-state index in [0.29, 0.717) is 0 Å². The van der Waals surface area contributed by atoms with Crippen LogP contribution in [0.15, 0.2) is 120 Å². The first-order valence-corrected chi connectivity index (χ1v) is 12.9. The number of nitrogens with zero attached hydrogens (tertiary/aromatic N) is 2. The Kier molecular flexibility index (Phi) is 4.74. The topological polar surface area (TPSA) is 17.3 Å². The van der Waals surface area contributed by atoms with Gasteiger partial charge < -0.3 is 4.57 Å². The van der Waals surface area contributed by atoms with Gasteiger partial charge in [0.2, 0.25) is 0 Å². The van der Waals surface area contributed by atoms with E-state index < -0.39 is 0 Å². The van der Waals surface area contributed by atoms with Crippen molar-refractivity contribution in [3.8, 4) is 16.8 Å². The summed E-state index contributed by atoms with van der Waals surface area (Å²) in [6, 6.07) is 41.5. The Morgan fingerprint density at radius 3 is 2.14 bits per heavy atom. The predicted octanol–water partition coefficient (Wildman–Crippen LogP) is 9.17. The Bertz CT molecular complexity index is 1830. The van der Waals surface area contributed by atoms with Gasteiger partial charge in [-0.25, -0.2) is 0 Å². The summed E-state index contributed by atoms with van der Waals surface area (Å²) in [5.74, 6) is 0. The summed E-state index contributed by atoms with van der Waals surface area (Å²) in [5.41, 5.74) is 11.8. The van der Waals surface area contributed by atoms with Gasteiger partial charge in [0.1, 0.15) is 0 Å². The van der Waals surface area contributed by atoms with Crippen LogP contribution in [0.4, 0.5) is 5.69 Å². The van der Waals surface area contributed by atoms with Crippen molar-refractivity contribution in [1.82, 2.24) is 4.57 Å². The van der Waals surface area contributed by atoms with Gasteiger partial charge in [0, 0.05) is 27.4 Å². The van der Waals surface area contributed by atoms with Crippen LogP contribution >= 0.6 is 0 Å². The molecule has 5 aromatic carbocycles. The van der Waals surface area contributed by atoms with Gasteiger partial charge in [-0.2, -0.15) is 0 Å². The Labute approximate surface area is 217 Å². The number of aromatic nitrogens is 1. The van der Waals surface area contributed by atoms with Gasteiger partial charge in [-0.15, -0.1) is 0 Å². The molecule has 0 fully saturated rings. The molecule has 178 valence electrons. The van der Waals surface area contributed by atoms with E-state index in [-0.39, 0.29) is 5.41 Å². The van der Waals surface area contributed by atoms with Crippen LogP contribution in [0.25, 0.3) is 38.6 Å². The van der Waals surface area contributed by atoms with E-state index in [0.717, 1.165) is 11.4 Å². The fraction of sp³-hybridized carbons (Fsp3) is 0.114. The summed E-state index contributed by atoms with van der Waals surface area (Å²) >= 11 is 0. The Hall–Kier alpha value is -4.43. The number of fused-ring (bicyclic) bond motifs is 5. The van der Waals surface area contributed by atoms with Crippen molar-refractivity contribution in [3.05, 3.63) is 132 Å². The van der Waals surface area contributed by atoms with Crippen molar-refractivity contribution in [2.24, 2.45) is 4.99 Å². The van der Waals surface area contributed by atoms with Crippen molar-refractivity contribution in [3.63, 3.8) is 0 Å². The van der Waals surface area contributed by atoms with Crippen molar-refractivity contribution in [2.45, 2.75) is 26.2 Å². The molecule has 0 saturated heterocycles. The minimum absolute atomic E-state index is 0.232. The third-order valence-electron chi connectivity index (χ3n) is 7.79. The third-order valence-corrected chi connectivity index (χ3v) is 7.79. The molecule has 0 N–H and O–H groups in total. The molecule has 7 rings (SSSR count). The van der Waals surface area contributed by atoms with E-state index >= 15 is 0 Å². The smallest absolute Gasteiger partial charge is 0.0696 e. The average Bonchev–Trinajstić information content (AvgIpc) is 3.40. The molecule has 0 saturated carbocycles. The lowest BCUT2D eigenvalue weighted by molar-refractivity contribution is 0.741. The summed E-state index contributed by atoms with van der Waals surface area (Å²) in [4.78, 5) is 5.20. The maximum Gasteiger partial charge on any atom is 0.0696 e. The first-order valence-electron chi connectivity index (χ1n) is 12.9. The van der Waals surface area contributed by atoms with Crippen molar-refractivity contribution in [1.29, 1.82) is 0 Å². The van der Waals surface area contributed by atoms with Gasteiger partial charge in [0.25, 0.3) is 0 Å². The Morgan fingerprint density at radius 2 is 1.35 bits per heavy atom.